The number of benzene rings is 1. The van der Waals surface area contributed by atoms with Gasteiger partial charge in [0, 0.05) is 44.4 Å². The summed E-state index contributed by atoms with van der Waals surface area (Å²) in [5, 5.41) is 6.71. The summed E-state index contributed by atoms with van der Waals surface area (Å²) in [5.41, 5.74) is 2.29. The minimum atomic E-state index is 0.291. The van der Waals surface area contributed by atoms with Gasteiger partial charge in [0.1, 0.15) is 5.75 Å². The maximum Gasteiger partial charge on any atom is 0.191 e. The molecule has 7 heteroatoms. The van der Waals surface area contributed by atoms with Gasteiger partial charge >= 0.3 is 0 Å². The Bertz CT molecular complexity index is 671. The first-order chi connectivity index (χ1) is 15.2. The molecular formula is C24H39N3O4. The van der Waals surface area contributed by atoms with E-state index in [1.807, 2.05) is 0 Å². The maximum absolute atomic E-state index is 6.14. The zero-order valence-electron chi connectivity index (χ0n) is 19.2. The van der Waals surface area contributed by atoms with Crippen molar-refractivity contribution in [1.29, 1.82) is 0 Å². The van der Waals surface area contributed by atoms with Crippen LogP contribution in [0.25, 0.3) is 0 Å². The van der Waals surface area contributed by atoms with Gasteiger partial charge in [-0.05, 0) is 51.2 Å². The third kappa shape index (κ3) is 8.67. The Labute approximate surface area is 186 Å². The normalized spacial score (nSPS) is 21.4. The fourth-order valence-electron chi connectivity index (χ4n) is 3.73. The van der Waals surface area contributed by atoms with Crippen molar-refractivity contribution in [1.82, 2.24) is 10.6 Å². The molecule has 3 rings (SSSR count). The minimum absolute atomic E-state index is 0.291. The van der Waals surface area contributed by atoms with Crippen LogP contribution in [0.1, 0.15) is 43.7 Å². The Balaban J connectivity index is 1.43. The summed E-state index contributed by atoms with van der Waals surface area (Å²) in [7, 11) is 0. The van der Waals surface area contributed by atoms with Gasteiger partial charge < -0.3 is 29.6 Å². The molecule has 0 aliphatic carbocycles. The van der Waals surface area contributed by atoms with E-state index in [0.717, 1.165) is 82.5 Å². The number of nitrogens with zero attached hydrogens (tertiary/aromatic N) is 1. The molecule has 174 valence electrons. The number of hydrogen-bond donors (Lipinski definition) is 2. The number of hydrogen-bond acceptors (Lipinski definition) is 5. The van der Waals surface area contributed by atoms with Gasteiger partial charge in [-0.1, -0.05) is 12.1 Å². The first-order valence-corrected chi connectivity index (χ1v) is 11.8. The van der Waals surface area contributed by atoms with E-state index < -0.39 is 0 Å². The summed E-state index contributed by atoms with van der Waals surface area (Å²) in [4.78, 5) is 4.76. The van der Waals surface area contributed by atoms with Crippen molar-refractivity contribution in [2.24, 2.45) is 10.9 Å². The Morgan fingerprint density at radius 3 is 2.90 bits per heavy atom. The molecule has 0 amide bonds. The molecular weight excluding hydrogens is 394 g/mol. The van der Waals surface area contributed by atoms with Crippen LogP contribution in [0.3, 0.4) is 0 Å². The molecule has 0 saturated carbocycles. The molecule has 7 nitrogen and oxygen atoms in total. The fourth-order valence-corrected chi connectivity index (χ4v) is 3.73. The highest BCUT2D eigenvalue weighted by Crippen LogP contribution is 2.23. The zero-order chi connectivity index (χ0) is 21.7. The molecule has 2 atom stereocenters. The van der Waals surface area contributed by atoms with Crippen molar-refractivity contribution >= 4 is 5.96 Å². The van der Waals surface area contributed by atoms with E-state index in [0.29, 0.717) is 31.8 Å². The fraction of sp³-hybridized carbons (Fsp3) is 0.708. The van der Waals surface area contributed by atoms with Gasteiger partial charge in [0.2, 0.25) is 0 Å². The number of guanidine groups is 1. The van der Waals surface area contributed by atoms with Gasteiger partial charge in [-0.3, -0.25) is 0 Å². The first kappa shape index (κ1) is 23.8. The summed E-state index contributed by atoms with van der Waals surface area (Å²) >= 11 is 0. The van der Waals surface area contributed by atoms with E-state index >= 15 is 0 Å². The number of aryl methyl sites for hydroxylation is 1. The molecule has 2 heterocycles. The van der Waals surface area contributed by atoms with Crippen molar-refractivity contribution in [3.05, 3.63) is 29.3 Å². The van der Waals surface area contributed by atoms with Crippen LogP contribution >= 0.6 is 0 Å². The predicted octanol–water partition coefficient (Wildman–Crippen LogP) is 3.05. The van der Waals surface area contributed by atoms with E-state index in [4.69, 9.17) is 23.9 Å². The van der Waals surface area contributed by atoms with Crippen molar-refractivity contribution in [2.75, 3.05) is 52.7 Å². The summed E-state index contributed by atoms with van der Waals surface area (Å²) < 4.78 is 22.9. The Morgan fingerprint density at radius 1 is 1.19 bits per heavy atom. The van der Waals surface area contributed by atoms with Crippen LogP contribution in [0.2, 0.25) is 0 Å². The highest BCUT2D eigenvalue weighted by atomic mass is 16.5. The first-order valence-electron chi connectivity index (χ1n) is 11.8. The molecule has 0 aromatic heterocycles. The lowest BCUT2D eigenvalue weighted by Gasteiger charge is -2.15. The number of aliphatic imine (C=N–C) groups is 1. The summed E-state index contributed by atoms with van der Waals surface area (Å²) in [5.74, 6) is 2.23. The molecule has 0 radical (unpaired) electrons. The predicted molar refractivity (Wildman–Crippen MR) is 123 cm³/mol. The molecule has 2 saturated heterocycles. The van der Waals surface area contributed by atoms with Crippen LogP contribution in [0, 0.1) is 12.8 Å². The second-order valence-corrected chi connectivity index (χ2v) is 8.34. The lowest BCUT2D eigenvalue weighted by Crippen LogP contribution is -2.38. The van der Waals surface area contributed by atoms with Crippen LogP contribution in [-0.2, 0) is 20.8 Å². The molecule has 31 heavy (non-hydrogen) atoms. The largest absolute Gasteiger partial charge is 0.493 e. The lowest BCUT2D eigenvalue weighted by atomic mass is 10.1. The average Bonchev–Trinajstić information content (AvgIpc) is 3.48. The summed E-state index contributed by atoms with van der Waals surface area (Å²) in [6.07, 6.45) is 4.57. The monoisotopic (exact) mass is 433 g/mol. The SMILES string of the molecule is CCNC(=NCc1ccc(C)cc1OCC1CCOC1)NCCCOCC1CCCO1. The molecule has 2 aliphatic rings. The van der Waals surface area contributed by atoms with Gasteiger partial charge in [0.15, 0.2) is 5.96 Å². The highest BCUT2D eigenvalue weighted by Gasteiger charge is 2.17. The number of nitrogens with one attached hydrogen (secondary N) is 2. The number of ether oxygens (including phenoxy) is 4. The molecule has 2 aliphatic heterocycles. The molecule has 2 N–H and O–H groups in total. The molecule has 2 unspecified atom stereocenters. The maximum atomic E-state index is 6.14. The Kier molecular flexibility index (Phi) is 10.4. The zero-order valence-corrected chi connectivity index (χ0v) is 19.2. The molecule has 2 fully saturated rings. The van der Waals surface area contributed by atoms with Crippen molar-refractivity contribution < 1.29 is 18.9 Å². The van der Waals surface area contributed by atoms with Gasteiger partial charge in [0.25, 0.3) is 0 Å². The van der Waals surface area contributed by atoms with Crippen LogP contribution in [0.15, 0.2) is 23.2 Å². The van der Waals surface area contributed by atoms with Crippen LogP contribution in [0.5, 0.6) is 5.75 Å². The van der Waals surface area contributed by atoms with Gasteiger partial charge in [0.05, 0.1) is 32.5 Å². The van der Waals surface area contributed by atoms with Gasteiger partial charge in [-0.15, -0.1) is 0 Å². The lowest BCUT2D eigenvalue weighted by molar-refractivity contribution is 0.0168. The second kappa shape index (κ2) is 13.6. The Morgan fingerprint density at radius 2 is 2.13 bits per heavy atom. The second-order valence-electron chi connectivity index (χ2n) is 8.34. The van der Waals surface area contributed by atoms with Gasteiger partial charge in [-0.25, -0.2) is 4.99 Å². The Hall–Kier alpha value is -1.83. The van der Waals surface area contributed by atoms with Crippen LogP contribution in [0.4, 0.5) is 0 Å². The molecule has 1 aromatic rings. The van der Waals surface area contributed by atoms with E-state index in [1.165, 1.54) is 5.56 Å². The van der Waals surface area contributed by atoms with E-state index in [1.54, 1.807) is 0 Å². The smallest absolute Gasteiger partial charge is 0.191 e. The summed E-state index contributed by atoms with van der Waals surface area (Å²) in [6.45, 7) is 11.0. The van der Waals surface area contributed by atoms with Crippen molar-refractivity contribution in [3.8, 4) is 5.75 Å². The topological polar surface area (TPSA) is 73.3 Å². The standard InChI is InChI=1S/C24H39N3O4/c1-3-25-24(26-10-5-11-28-18-22-6-4-12-30-22)27-15-21-8-7-19(2)14-23(21)31-17-20-9-13-29-16-20/h7-8,14,20,22H,3-6,9-13,15-18H2,1-2H3,(H2,25,26,27). The van der Waals surface area contributed by atoms with Crippen molar-refractivity contribution in [3.63, 3.8) is 0 Å². The third-order valence-electron chi connectivity index (χ3n) is 5.56. The van der Waals surface area contributed by atoms with Crippen LogP contribution < -0.4 is 15.4 Å². The van der Waals surface area contributed by atoms with E-state index in [9.17, 15) is 0 Å². The van der Waals surface area contributed by atoms with Crippen LogP contribution in [-0.4, -0.2) is 64.8 Å². The number of rotatable bonds is 12. The third-order valence-corrected chi connectivity index (χ3v) is 5.56. The van der Waals surface area contributed by atoms with Crippen molar-refractivity contribution in [2.45, 2.75) is 52.2 Å². The molecule has 0 bridgehead atoms. The van der Waals surface area contributed by atoms with E-state index in [-0.39, 0.29) is 0 Å². The van der Waals surface area contributed by atoms with Gasteiger partial charge in [-0.2, -0.15) is 0 Å². The molecule has 1 aromatic carbocycles. The highest BCUT2D eigenvalue weighted by molar-refractivity contribution is 5.79. The molecule has 0 spiro atoms. The minimum Gasteiger partial charge on any atom is -0.493 e. The quantitative estimate of drug-likeness (QED) is 0.300. The average molecular weight is 434 g/mol. The van der Waals surface area contributed by atoms with E-state index in [2.05, 4.69) is 42.7 Å². The summed E-state index contributed by atoms with van der Waals surface area (Å²) in [6, 6.07) is 6.33.